The largest absolute Gasteiger partial charge is 0.508 e. The van der Waals surface area contributed by atoms with Gasteiger partial charge in [0.2, 0.25) is 10.0 Å². The second kappa shape index (κ2) is 7.29. The molecule has 0 amide bonds. The second-order valence-electron chi connectivity index (χ2n) is 4.85. The number of nitrogens with one attached hydrogen (secondary N) is 1. The smallest absolute Gasteiger partial charge is 0.240 e. The van der Waals surface area contributed by atoms with Gasteiger partial charge in [-0.05, 0) is 54.8 Å². The van der Waals surface area contributed by atoms with E-state index < -0.39 is 10.0 Å². The summed E-state index contributed by atoms with van der Waals surface area (Å²) in [5.74, 6) is 0.833. The van der Waals surface area contributed by atoms with Crippen molar-refractivity contribution in [2.45, 2.75) is 17.7 Å². The lowest BCUT2D eigenvalue weighted by Crippen LogP contribution is -2.25. The minimum Gasteiger partial charge on any atom is -0.508 e. The third-order valence-electron chi connectivity index (χ3n) is 3.21. The Morgan fingerprint density at radius 2 is 1.86 bits per heavy atom. The average Bonchev–Trinajstić information content (AvgIpc) is 2.52. The number of phenols is 1. The van der Waals surface area contributed by atoms with Crippen LogP contribution >= 0.6 is 0 Å². The summed E-state index contributed by atoms with van der Waals surface area (Å²) in [6.45, 7) is 0.337. The standard InChI is InChI=1S/C16H19NO4S/c1-21-15-7-9-16(10-8-15)22(19,20)17-11-3-5-13-4-2-6-14(18)12-13/h2,4,6-10,12,17-18H,3,5,11H2,1H3. The van der Waals surface area contributed by atoms with Gasteiger partial charge in [-0.1, -0.05) is 12.1 Å². The number of rotatable bonds is 7. The average molecular weight is 321 g/mol. The summed E-state index contributed by atoms with van der Waals surface area (Å²) < 4.78 is 31.8. The number of hydrogen-bond acceptors (Lipinski definition) is 4. The SMILES string of the molecule is COc1ccc(S(=O)(=O)NCCCc2cccc(O)c2)cc1. The first-order chi connectivity index (χ1) is 10.5. The molecule has 22 heavy (non-hydrogen) atoms. The highest BCUT2D eigenvalue weighted by Crippen LogP contribution is 2.15. The van der Waals surface area contributed by atoms with E-state index in [4.69, 9.17) is 4.74 Å². The number of methoxy groups -OCH3 is 1. The molecule has 0 unspecified atom stereocenters. The predicted molar refractivity (Wildman–Crippen MR) is 84.6 cm³/mol. The Kier molecular flexibility index (Phi) is 5.41. The predicted octanol–water partition coefficient (Wildman–Crippen LogP) is 2.31. The Bertz CT molecular complexity index is 711. The third-order valence-corrected chi connectivity index (χ3v) is 4.69. The van der Waals surface area contributed by atoms with Crippen LogP contribution in [0.5, 0.6) is 11.5 Å². The number of phenolic OH excluding ortho intramolecular Hbond substituents is 1. The summed E-state index contributed by atoms with van der Waals surface area (Å²) in [4.78, 5) is 0.214. The van der Waals surface area contributed by atoms with Gasteiger partial charge in [0.1, 0.15) is 11.5 Å². The second-order valence-corrected chi connectivity index (χ2v) is 6.61. The van der Waals surface area contributed by atoms with Crippen molar-refractivity contribution in [3.8, 4) is 11.5 Å². The van der Waals surface area contributed by atoms with E-state index in [-0.39, 0.29) is 10.6 Å². The Balaban J connectivity index is 1.87. The van der Waals surface area contributed by atoms with E-state index in [2.05, 4.69) is 4.72 Å². The molecular formula is C16H19NO4S. The number of hydrogen-bond donors (Lipinski definition) is 2. The fourth-order valence-electron chi connectivity index (χ4n) is 2.05. The molecule has 0 fully saturated rings. The van der Waals surface area contributed by atoms with Crippen molar-refractivity contribution in [2.75, 3.05) is 13.7 Å². The van der Waals surface area contributed by atoms with E-state index in [1.165, 1.54) is 19.2 Å². The Morgan fingerprint density at radius 1 is 1.14 bits per heavy atom. The Morgan fingerprint density at radius 3 is 2.50 bits per heavy atom. The molecule has 0 radical (unpaired) electrons. The third kappa shape index (κ3) is 4.47. The van der Waals surface area contributed by atoms with E-state index in [1.807, 2.05) is 6.07 Å². The van der Waals surface area contributed by atoms with Crippen LogP contribution in [0.4, 0.5) is 0 Å². The van der Waals surface area contributed by atoms with Gasteiger partial charge < -0.3 is 9.84 Å². The van der Waals surface area contributed by atoms with Gasteiger partial charge in [-0.3, -0.25) is 0 Å². The molecule has 5 nitrogen and oxygen atoms in total. The Hall–Kier alpha value is -2.05. The van der Waals surface area contributed by atoms with Crippen molar-refractivity contribution in [3.05, 3.63) is 54.1 Å². The molecule has 0 aliphatic carbocycles. The summed E-state index contributed by atoms with van der Waals surface area (Å²) in [5.41, 5.74) is 0.976. The van der Waals surface area contributed by atoms with Crippen LogP contribution in [0.25, 0.3) is 0 Å². The molecule has 0 aliphatic heterocycles. The molecule has 0 aromatic heterocycles. The minimum atomic E-state index is -3.50. The topological polar surface area (TPSA) is 75.6 Å². The van der Waals surface area contributed by atoms with E-state index in [9.17, 15) is 13.5 Å². The molecule has 2 aromatic rings. The monoisotopic (exact) mass is 321 g/mol. The van der Waals surface area contributed by atoms with Crippen LogP contribution in [0.2, 0.25) is 0 Å². The maximum atomic E-state index is 12.1. The van der Waals surface area contributed by atoms with E-state index in [0.717, 1.165) is 5.56 Å². The molecule has 2 rings (SSSR count). The first-order valence-electron chi connectivity index (χ1n) is 6.93. The van der Waals surface area contributed by atoms with Gasteiger partial charge in [-0.15, -0.1) is 0 Å². The van der Waals surface area contributed by atoms with Crippen molar-refractivity contribution in [1.82, 2.24) is 4.72 Å². The van der Waals surface area contributed by atoms with Gasteiger partial charge in [-0.25, -0.2) is 13.1 Å². The van der Waals surface area contributed by atoms with Crippen molar-refractivity contribution >= 4 is 10.0 Å². The highest BCUT2D eigenvalue weighted by Gasteiger charge is 2.12. The zero-order chi connectivity index (χ0) is 16.0. The number of benzene rings is 2. The van der Waals surface area contributed by atoms with E-state index in [1.54, 1.807) is 30.3 Å². The zero-order valence-electron chi connectivity index (χ0n) is 12.3. The molecular weight excluding hydrogens is 302 g/mol. The van der Waals surface area contributed by atoms with E-state index in [0.29, 0.717) is 25.1 Å². The van der Waals surface area contributed by atoms with Gasteiger partial charge in [0.05, 0.1) is 12.0 Å². The molecule has 0 heterocycles. The first kappa shape index (κ1) is 16.3. The summed E-state index contributed by atoms with van der Waals surface area (Å²) in [6, 6.07) is 13.2. The Labute approximate surface area is 130 Å². The lowest BCUT2D eigenvalue weighted by molar-refractivity contribution is 0.414. The molecule has 0 bridgehead atoms. The molecule has 0 aliphatic rings. The quantitative estimate of drug-likeness (QED) is 0.767. The summed E-state index contributed by atoms with van der Waals surface area (Å²) in [6.07, 6.45) is 1.35. The van der Waals surface area contributed by atoms with Gasteiger partial charge in [-0.2, -0.15) is 0 Å². The van der Waals surface area contributed by atoms with Crippen LogP contribution in [0.1, 0.15) is 12.0 Å². The number of ether oxygens (including phenoxy) is 1. The molecule has 6 heteroatoms. The molecule has 2 N–H and O–H groups in total. The molecule has 0 saturated heterocycles. The normalized spacial score (nSPS) is 11.3. The van der Waals surface area contributed by atoms with E-state index >= 15 is 0 Å². The van der Waals surface area contributed by atoms with Crippen LogP contribution in [0.3, 0.4) is 0 Å². The summed E-state index contributed by atoms with van der Waals surface area (Å²) >= 11 is 0. The fraction of sp³-hybridized carbons (Fsp3) is 0.250. The lowest BCUT2D eigenvalue weighted by atomic mass is 10.1. The van der Waals surface area contributed by atoms with Crippen LogP contribution < -0.4 is 9.46 Å². The number of aryl methyl sites for hydroxylation is 1. The van der Waals surface area contributed by atoms with Crippen molar-refractivity contribution < 1.29 is 18.3 Å². The first-order valence-corrected chi connectivity index (χ1v) is 8.41. The lowest BCUT2D eigenvalue weighted by Gasteiger charge is -2.08. The zero-order valence-corrected chi connectivity index (χ0v) is 13.1. The summed E-state index contributed by atoms with van der Waals surface area (Å²) in [7, 11) is -1.97. The van der Waals surface area contributed by atoms with Crippen LogP contribution in [-0.2, 0) is 16.4 Å². The van der Waals surface area contributed by atoms with Crippen molar-refractivity contribution in [2.24, 2.45) is 0 Å². The molecule has 2 aromatic carbocycles. The van der Waals surface area contributed by atoms with Crippen LogP contribution in [0, 0.1) is 0 Å². The van der Waals surface area contributed by atoms with Gasteiger partial charge in [0.25, 0.3) is 0 Å². The number of sulfonamides is 1. The maximum absolute atomic E-state index is 12.1. The molecule has 0 saturated carbocycles. The van der Waals surface area contributed by atoms with Gasteiger partial charge in [0.15, 0.2) is 0 Å². The van der Waals surface area contributed by atoms with Gasteiger partial charge >= 0.3 is 0 Å². The molecule has 0 atom stereocenters. The van der Waals surface area contributed by atoms with Crippen LogP contribution in [0.15, 0.2) is 53.4 Å². The van der Waals surface area contributed by atoms with Gasteiger partial charge in [0, 0.05) is 6.54 Å². The summed E-state index contributed by atoms with van der Waals surface area (Å²) in [5, 5.41) is 9.37. The minimum absolute atomic E-state index is 0.214. The highest BCUT2D eigenvalue weighted by molar-refractivity contribution is 7.89. The van der Waals surface area contributed by atoms with Crippen molar-refractivity contribution in [3.63, 3.8) is 0 Å². The molecule has 118 valence electrons. The number of aromatic hydroxyl groups is 1. The highest BCUT2D eigenvalue weighted by atomic mass is 32.2. The fourth-order valence-corrected chi connectivity index (χ4v) is 3.12. The molecule has 0 spiro atoms. The van der Waals surface area contributed by atoms with Crippen molar-refractivity contribution in [1.29, 1.82) is 0 Å². The van der Waals surface area contributed by atoms with Crippen LogP contribution in [-0.4, -0.2) is 27.2 Å². The maximum Gasteiger partial charge on any atom is 0.240 e.